The lowest BCUT2D eigenvalue weighted by Gasteiger charge is -2.12. The van der Waals surface area contributed by atoms with Gasteiger partial charge in [0.2, 0.25) is 0 Å². The Labute approximate surface area is 119 Å². The van der Waals surface area contributed by atoms with Crippen molar-refractivity contribution in [2.24, 2.45) is 5.73 Å². The summed E-state index contributed by atoms with van der Waals surface area (Å²) in [4.78, 5) is 4.43. The number of pyridine rings is 1. The number of aryl methyl sites for hydroxylation is 2. The van der Waals surface area contributed by atoms with Crippen LogP contribution >= 0.6 is 0 Å². The summed E-state index contributed by atoms with van der Waals surface area (Å²) >= 11 is 0. The zero-order chi connectivity index (χ0) is 14.5. The molecule has 0 amide bonds. The lowest BCUT2D eigenvalue weighted by atomic mass is 10.1. The third kappa shape index (κ3) is 3.48. The van der Waals surface area contributed by atoms with Crippen LogP contribution in [0.3, 0.4) is 0 Å². The second kappa shape index (κ2) is 6.39. The second-order valence-electron chi connectivity index (χ2n) is 4.74. The van der Waals surface area contributed by atoms with E-state index >= 15 is 0 Å². The number of nitrogens with two attached hydrogens (primary N) is 1. The Morgan fingerprint density at radius 1 is 1.15 bits per heavy atom. The number of aromatic nitrogens is 1. The molecule has 0 aliphatic rings. The van der Waals surface area contributed by atoms with E-state index in [-0.39, 0.29) is 0 Å². The first kappa shape index (κ1) is 14.3. The summed E-state index contributed by atoms with van der Waals surface area (Å²) in [6, 6.07) is 9.77. The minimum atomic E-state index is 0.397. The minimum Gasteiger partial charge on any atom is -0.497 e. The molecule has 0 spiro atoms. The monoisotopic (exact) mass is 272 g/mol. The van der Waals surface area contributed by atoms with Crippen molar-refractivity contribution < 1.29 is 9.47 Å². The topological polar surface area (TPSA) is 57.4 Å². The van der Waals surface area contributed by atoms with Gasteiger partial charge in [0, 0.05) is 29.9 Å². The Morgan fingerprint density at radius 3 is 2.65 bits per heavy atom. The minimum absolute atomic E-state index is 0.397. The van der Waals surface area contributed by atoms with Crippen molar-refractivity contribution in [2.45, 2.75) is 27.0 Å². The molecule has 106 valence electrons. The first-order chi connectivity index (χ1) is 9.62. The van der Waals surface area contributed by atoms with Gasteiger partial charge in [-0.05, 0) is 19.9 Å². The highest BCUT2D eigenvalue weighted by Crippen LogP contribution is 2.21. The third-order valence-corrected chi connectivity index (χ3v) is 3.03. The van der Waals surface area contributed by atoms with Gasteiger partial charge in [0.15, 0.2) is 0 Å². The van der Waals surface area contributed by atoms with E-state index in [4.69, 9.17) is 15.2 Å². The fraction of sp³-hybridized carbons (Fsp3) is 0.312. The Morgan fingerprint density at radius 2 is 1.95 bits per heavy atom. The molecule has 0 bridgehead atoms. The van der Waals surface area contributed by atoms with Gasteiger partial charge in [0.05, 0.1) is 12.8 Å². The molecule has 0 atom stereocenters. The van der Waals surface area contributed by atoms with E-state index in [0.717, 1.165) is 28.5 Å². The predicted molar refractivity (Wildman–Crippen MR) is 78.9 cm³/mol. The van der Waals surface area contributed by atoms with Crippen LogP contribution in [0.25, 0.3) is 0 Å². The molecule has 20 heavy (non-hydrogen) atoms. The molecule has 0 radical (unpaired) electrons. The molecule has 4 heteroatoms. The summed E-state index contributed by atoms with van der Waals surface area (Å²) in [5.41, 5.74) is 9.67. The molecule has 2 rings (SSSR count). The van der Waals surface area contributed by atoms with Gasteiger partial charge < -0.3 is 15.2 Å². The van der Waals surface area contributed by atoms with Crippen LogP contribution in [0.1, 0.15) is 22.5 Å². The number of methoxy groups -OCH3 is 1. The van der Waals surface area contributed by atoms with Crippen molar-refractivity contribution in [1.29, 1.82) is 0 Å². The van der Waals surface area contributed by atoms with Gasteiger partial charge >= 0.3 is 0 Å². The molecule has 1 aromatic carbocycles. The molecule has 0 fully saturated rings. The number of nitrogens with zero attached hydrogens (tertiary/aromatic N) is 1. The van der Waals surface area contributed by atoms with Crippen molar-refractivity contribution in [3.63, 3.8) is 0 Å². The van der Waals surface area contributed by atoms with Crippen LogP contribution in [0.5, 0.6) is 11.5 Å². The molecule has 2 N–H and O–H groups in total. The summed E-state index contributed by atoms with van der Waals surface area (Å²) in [5.74, 6) is 1.60. The van der Waals surface area contributed by atoms with Gasteiger partial charge in [-0.15, -0.1) is 0 Å². The van der Waals surface area contributed by atoms with Gasteiger partial charge in [0.1, 0.15) is 18.1 Å². The maximum atomic E-state index is 5.83. The van der Waals surface area contributed by atoms with Crippen molar-refractivity contribution in [2.75, 3.05) is 7.11 Å². The van der Waals surface area contributed by atoms with Crippen LogP contribution in [0.4, 0.5) is 0 Å². The summed E-state index contributed by atoms with van der Waals surface area (Å²) in [6.45, 7) is 4.83. The Bertz CT molecular complexity index is 597. The zero-order valence-corrected chi connectivity index (χ0v) is 12.1. The molecule has 1 aromatic heterocycles. The predicted octanol–water partition coefficient (Wildman–Crippen LogP) is 2.74. The molecule has 0 saturated heterocycles. The molecule has 2 aromatic rings. The summed E-state index contributed by atoms with van der Waals surface area (Å²) in [7, 11) is 1.64. The lowest BCUT2D eigenvalue weighted by Crippen LogP contribution is -2.05. The quantitative estimate of drug-likeness (QED) is 0.909. The summed E-state index contributed by atoms with van der Waals surface area (Å²) in [6.07, 6.45) is 0. The van der Waals surface area contributed by atoms with Crippen LogP contribution < -0.4 is 15.2 Å². The molecule has 0 unspecified atom stereocenters. The van der Waals surface area contributed by atoms with Gasteiger partial charge in [-0.25, -0.2) is 0 Å². The van der Waals surface area contributed by atoms with E-state index in [1.165, 1.54) is 5.56 Å². The number of rotatable bonds is 5. The van der Waals surface area contributed by atoms with E-state index in [9.17, 15) is 0 Å². The fourth-order valence-electron chi connectivity index (χ4n) is 2.05. The average Bonchev–Trinajstić information content (AvgIpc) is 2.45. The summed E-state index contributed by atoms with van der Waals surface area (Å²) < 4.78 is 11.1. The number of benzene rings is 1. The molecule has 0 saturated carbocycles. The first-order valence-electron chi connectivity index (χ1n) is 6.56. The van der Waals surface area contributed by atoms with E-state index < -0.39 is 0 Å². The van der Waals surface area contributed by atoms with Crippen molar-refractivity contribution in [1.82, 2.24) is 4.98 Å². The fourth-order valence-corrected chi connectivity index (χ4v) is 2.05. The SMILES string of the molecule is COc1cc(C)nc(COc2ccc(C)cc2CN)c1. The molecule has 0 aliphatic heterocycles. The van der Waals surface area contributed by atoms with Gasteiger partial charge in [-0.1, -0.05) is 17.7 Å². The number of hydrogen-bond donors (Lipinski definition) is 1. The van der Waals surface area contributed by atoms with Gasteiger partial charge in [-0.2, -0.15) is 0 Å². The van der Waals surface area contributed by atoms with E-state index in [1.54, 1.807) is 7.11 Å². The molecular formula is C16H20N2O2. The highest BCUT2D eigenvalue weighted by Gasteiger charge is 2.05. The second-order valence-corrected chi connectivity index (χ2v) is 4.74. The van der Waals surface area contributed by atoms with E-state index in [1.807, 2.05) is 44.2 Å². The highest BCUT2D eigenvalue weighted by atomic mass is 16.5. The third-order valence-electron chi connectivity index (χ3n) is 3.03. The van der Waals surface area contributed by atoms with Crippen LogP contribution in [0.15, 0.2) is 30.3 Å². The van der Waals surface area contributed by atoms with Gasteiger partial charge in [-0.3, -0.25) is 4.98 Å². The highest BCUT2D eigenvalue weighted by molar-refractivity contribution is 5.37. The molecule has 0 aliphatic carbocycles. The molecular weight excluding hydrogens is 252 g/mol. The van der Waals surface area contributed by atoms with Crippen LogP contribution in [0, 0.1) is 13.8 Å². The molecule has 1 heterocycles. The van der Waals surface area contributed by atoms with Crippen LogP contribution in [-0.4, -0.2) is 12.1 Å². The zero-order valence-electron chi connectivity index (χ0n) is 12.1. The Kier molecular flexibility index (Phi) is 4.58. The van der Waals surface area contributed by atoms with Crippen LogP contribution in [0.2, 0.25) is 0 Å². The average molecular weight is 272 g/mol. The van der Waals surface area contributed by atoms with E-state index in [2.05, 4.69) is 4.98 Å². The summed E-state index contributed by atoms with van der Waals surface area (Å²) in [5, 5.41) is 0. The van der Waals surface area contributed by atoms with Crippen molar-refractivity contribution in [3.8, 4) is 11.5 Å². The van der Waals surface area contributed by atoms with Crippen molar-refractivity contribution >= 4 is 0 Å². The van der Waals surface area contributed by atoms with Gasteiger partial charge in [0.25, 0.3) is 0 Å². The number of hydrogen-bond acceptors (Lipinski definition) is 4. The standard InChI is InChI=1S/C16H20N2O2/c1-11-4-5-16(13(6-11)9-17)20-10-14-8-15(19-3)7-12(2)18-14/h4-8H,9-10,17H2,1-3H3. The largest absolute Gasteiger partial charge is 0.497 e. The molecule has 4 nitrogen and oxygen atoms in total. The number of ether oxygens (including phenoxy) is 2. The van der Waals surface area contributed by atoms with Crippen LogP contribution in [-0.2, 0) is 13.2 Å². The lowest BCUT2D eigenvalue weighted by molar-refractivity contribution is 0.296. The Hall–Kier alpha value is -2.07. The maximum Gasteiger partial charge on any atom is 0.130 e. The van der Waals surface area contributed by atoms with Crippen molar-refractivity contribution in [3.05, 3.63) is 52.8 Å². The maximum absolute atomic E-state index is 5.83. The smallest absolute Gasteiger partial charge is 0.130 e. The Balaban J connectivity index is 2.14. The normalized spacial score (nSPS) is 10.4. The first-order valence-corrected chi connectivity index (χ1v) is 6.56. The van der Waals surface area contributed by atoms with E-state index in [0.29, 0.717) is 13.2 Å².